The molecule has 0 unspecified atom stereocenters. The molecule has 6 heteroatoms. The van der Waals surface area contributed by atoms with Gasteiger partial charge in [0, 0.05) is 0 Å². The van der Waals surface area contributed by atoms with Gasteiger partial charge in [-0.05, 0) is 0 Å². The van der Waals surface area contributed by atoms with Crippen molar-refractivity contribution in [2.45, 2.75) is 13.0 Å². The number of benzene rings is 1. The summed E-state index contributed by atoms with van der Waals surface area (Å²) in [5.74, 6) is -0.210. The number of anilines is 1. The van der Waals surface area contributed by atoms with Crippen molar-refractivity contribution < 1.29 is 4.79 Å². The van der Waals surface area contributed by atoms with E-state index in [0.29, 0.717) is 5.69 Å². The molecular formula is C9H10N4OSe. The summed E-state index contributed by atoms with van der Waals surface area (Å²) in [6, 6.07) is 5.01. The monoisotopic (exact) mass is 270 g/mol. The predicted octanol–water partition coefficient (Wildman–Crippen LogP) is 1.32. The van der Waals surface area contributed by atoms with Gasteiger partial charge in [-0.1, -0.05) is 0 Å². The minimum atomic E-state index is -0.523. The van der Waals surface area contributed by atoms with Crippen LogP contribution in [0.5, 0.6) is 0 Å². The maximum atomic E-state index is 11.4. The van der Waals surface area contributed by atoms with E-state index in [4.69, 9.17) is 5.73 Å². The summed E-state index contributed by atoms with van der Waals surface area (Å²) in [4.78, 5) is 11.4. The molecule has 5 nitrogen and oxygen atoms in total. The van der Waals surface area contributed by atoms with E-state index in [1.54, 1.807) is 13.0 Å². The number of fused-ring (bicyclic) bond motifs is 1. The summed E-state index contributed by atoms with van der Waals surface area (Å²) in [7, 11) is 0. The SMILES string of the molecule is C[C@H](N)C(=O)Nc1cccc2c1N=[Se]=N2. The molecule has 2 rings (SSSR count). The molecule has 0 aliphatic carbocycles. The summed E-state index contributed by atoms with van der Waals surface area (Å²) in [5, 5.41) is 2.73. The first kappa shape index (κ1) is 10.3. The molecule has 1 aromatic rings. The van der Waals surface area contributed by atoms with Crippen LogP contribution in [0.15, 0.2) is 26.1 Å². The second-order valence-electron chi connectivity index (χ2n) is 3.22. The number of carbonyl (C=O) groups excluding carboxylic acids is 1. The third-order valence-electron chi connectivity index (χ3n) is 1.96. The van der Waals surface area contributed by atoms with Crippen molar-refractivity contribution in [2.24, 2.45) is 13.7 Å². The van der Waals surface area contributed by atoms with E-state index in [1.807, 2.05) is 12.1 Å². The number of hydrogen-bond donors (Lipinski definition) is 2. The van der Waals surface area contributed by atoms with Crippen LogP contribution in [0.4, 0.5) is 17.1 Å². The fourth-order valence-corrected chi connectivity index (χ4v) is 2.31. The van der Waals surface area contributed by atoms with Crippen LogP contribution in [-0.4, -0.2) is 26.5 Å². The molecule has 1 aliphatic heterocycles. The van der Waals surface area contributed by atoms with Gasteiger partial charge in [0.05, 0.1) is 0 Å². The zero-order valence-electron chi connectivity index (χ0n) is 8.10. The van der Waals surface area contributed by atoms with Gasteiger partial charge in [0.2, 0.25) is 0 Å². The molecule has 1 aliphatic rings. The number of amides is 1. The number of rotatable bonds is 2. The van der Waals surface area contributed by atoms with Crippen molar-refractivity contribution in [1.82, 2.24) is 0 Å². The van der Waals surface area contributed by atoms with Crippen LogP contribution in [0.1, 0.15) is 6.92 Å². The van der Waals surface area contributed by atoms with Gasteiger partial charge in [-0.15, -0.1) is 0 Å². The van der Waals surface area contributed by atoms with Gasteiger partial charge in [-0.2, -0.15) is 0 Å². The fourth-order valence-electron chi connectivity index (χ4n) is 1.15. The van der Waals surface area contributed by atoms with E-state index in [-0.39, 0.29) is 20.5 Å². The quantitative estimate of drug-likeness (QED) is 0.806. The normalized spacial score (nSPS) is 14.3. The zero-order chi connectivity index (χ0) is 10.8. The number of nitrogens with one attached hydrogen (secondary N) is 1. The number of nitrogens with two attached hydrogens (primary N) is 1. The van der Waals surface area contributed by atoms with Gasteiger partial charge in [-0.3, -0.25) is 0 Å². The van der Waals surface area contributed by atoms with Crippen molar-refractivity contribution in [2.75, 3.05) is 5.32 Å². The minimum absolute atomic E-state index is 0.0858. The maximum absolute atomic E-state index is 11.4. The molecule has 0 aromatic heterocycles. The fraction of sp³-hybridized carbons (Fsp3) is 0.222. The van der Waals surface area contributed by atoms with Crippen LogP contribution >= 0.6 is 0 Å². The Morgan fingerprint density at radius 3 is 3.07 bits per heavy atom. The Hall–Kier alpha value is -1.23. The van der Waals surface area contributed by atoms with Gasteiger partial charge >= 0.3 is 92.5 Å². The molecule has 0 fully saturated rings. The molecule has 1 amide bonds. The van der Waals surface area contributed by atoms with Gasteiger partial charge in [0.1, 0.15) is 0 Å². The molecule has 3 N–H and O–H groups in total. The molecule has 0 radical (unpaired) electrons. The Labute approximate surface area is 92.8 Å². The Balaban J connectivity index is 2.28. The first-order valence-corrected chi connectivity index (χ1v) is 5.99. The summed E-state index contributed by atoms with van der Waals surface area (Å²) in [6.07, 6.45) is 0. The Morgan fingerprint density at radius 1 is 1.53 bits per heavy atom. The molecule has 1 atom stereocenters. The van der Waals surface area contributed by atoms with Crippen LogP contribution in [0.2, 0.25) is 0 Å². The molecule has 1 aromatic carbocycles. The molecule has 0 bridgehead atoms. The third kappa shape index (κ3) is 2.07. The van der Waals surface area contributed by atoms with Crippen LogP contribution in [0.25, 0.3) is 0 Å². The topological polar surface area (TPSA) is 79.8 Å². The molecule has 0 spiro atoms. The Kier molecular flexibility index (Phi) is 2.81. The average Bonchev–Trinajstić information content (AvgIpc) is 2.66. The van der Waals surface area contributed by atoms with E-state index >= 15 is 0 Å². The average molecular weight is 269 g/mol. The van der Waals surface area contributed by atoms with Crippen molar-refractivity contribution >= 4 is 37.5 Å². The molecule has 0 saturated carbocycles. The van der Waals surface area contributed by atoms with Crippen molar-refractivity contribution in [1.29, 1.82) is 0 Å². The molecule has 78 valence electrons. The summed E-state index contributed by atoms with van der Waals surface area (Å²) >= 11 is -0.0858. The van der Waals surface area contributed by atoms with Gasteiger partial charge in [0.15, 0.2) is 0 Å². The number of carbonyl (C=O) groups is 1. The van der Waals surface area contributed by atoms with E-state index in [2.05, 4.69) is 13.2 Å². The van der Waals surface area contributed by atoms with E-state index in [0.717, 1.165) is 11.4 Å². The predicted molar refractivity (Wildman–Crippen MR) is 58.7 cm³/mol. The van der Waals surface area contributed by atoms with Crippen LogP contribution in [-0.2, 0) is 4.79 Å². The molecular weight excluding hydrogens is 259 g/mol. The summed E-state index contributed by atoms with van der Waals surface area (Å²) < 4.78 is 8.48. The van der Waals surface area contributed by atoms with E-state index in [1.165, 1.54) is 0 Å². The first-order chi connectivity index (χ1) is 7.18. The third-order valence-corrected chi connectivity index (χ3v) is 3.10. The Morgan fingerprint density at radius 2 is 2.33 bits per heavy atom. The van der Waals surface area contributed by atoms with Gasteiger partial charge in [-0.25, -0.2) is 0 Å². The Bertz CT molecular complexity index is 477. The number of nitrogens with zero attached hydrogens (tertiary/aromatic N) is 2. The van der Waals surface area contributed by atoms with Crippen LogP contribution in [0.3, 0.4) is 0 Å². The van der Waals surface area contributed by atoms with Crippen molar-refractivity contribution in [3.8, 4) is 0 Å². The summed E-state index contributed by atoms with van der Waals surface area (Å²) in [6.45, 7) is 1.64. The van der Waals surface area contributed by atoms with Crippen molar-refractivity contribution in [3.05, 3.63) is 18.2 Å². The van der Waals surface area contributed by atoms with Crippen LogP contribution < -0.4 is 11.1 Å². The second kappa shape index (κ2) is 4.10. The van der Waals surface area contributed by atoms with E-state index in [9.17, 15) is 4.79 Å². The molecule has 15 heavy (non-hydrogen) atoms. The zero-order valence-corrected chi connectivity index (χ0v) is 9.81. The number of hydrogen-bond acceptors (Lipinski definition) is 4. The molecule has 1 heterocycles. The van der Waals surface area contributed by atoms with Crippen molar-refractivity contribution in [3.63, 3.8) is 0 Å². The van der Waals surface area contributed by atoms with Crippen LogP contribution in [0, 0.1) is 0 Å². The first-order valence-electron chi connectivity index (χ1n) is 4.46. The summed E-state index contributed by atoms with van der Waals surface area (Å²) in [5.41, 5.74) is 7.77. The molecule has 0 saturated heterocycles. The standard InChI is InChI=1S/C9H10N4OSe/c1-5(10)9(14)11-6-3-2-4-7-8(6)13-15-12-7/h2-5H,10H2,1H3,(H,11,14)/t5-/m0/s1. The van der Waals surface area contributed by atoms with Gasteiger partial charge in [0.25, 0.3) is 0 Å². The second-order valence-corrected chi connectivity index (χ2v) is 4.32. The van der Waals surface area contributed by atoms with Gasteiger partial charge < -0.3 is 0 Å². The van der Waals surface area contributed by atoms with E-state index < -0.39 is 6.04 Å².